The second kappa shape index (κ2) is 7.03. The van der Waals surface area contributed by atoms with Gasteiger partial charge in [0.1, 0.15) is 0 Å². The molecule has 1 aliphatic rings. The number of allylic oxidation sites excluding steroid dienone is 7. The second-order valence-electron chi connectivity index (χ2n) is 3.83. The molecule has 0 heterocycles. The van der Waals surface area contributed by atoms with Gasteiger partial charge in [-0.15, -0.1) is 0 Å². The van der Waals surface area contributed by atoms with E-state index in [-0.39, 0.29) is 0 Å². The summed E-state index contributed by atoms with van der Waals surface area (Å²) in [6.07, 6.45) is 5.58. The fourth-order valence-corrected chi connectivity index (χ4v) is 2.13. The molecule has 0 amide bonds. The van der Waals surface area contributed by atoms with Crippen molar-refractivity contribution in [3.8, 4) is 0 Å². The van der Waals surface area contributed by atoms with E-state index in [1.807, 2.05) is 19.1 Å². The van der Waals surface area contributed by atoms with Gasteiger partial charge in [0.2, 0.25) is 0 Å². The van der Waals surface area contributed by atoms with Gasteiger partial charge in [0.25, 0.3) is 0 Å². The van der Waals surface area contributed by atoms with Gasteiger partial charge in [-0.2, -0.15) is 0 Å². The first-order valence-electron chi connectivity index (χ1n) is 5.31. The summed E-state index contributed by atoms with van der Waals surface area (Å²) in [5.41, 5.74) is 4.56. The van der Waals surface area contributed by atoms with Crippen molar-refractivity contribution in [2.75, 3.05) is 0 Å². The van der Waals surface area contributed by atoms with E-state index >= 15 is 0 Å². The molecule has 1 rings (SSSR count). The molecular formula is C14H21Ti. The van der Waals surface area contributed by atoms with E-state index in [0.29, 0.717) is 5.92 Å². The molecule has 0 aromatic carbocycles. The predicted octanol–water partition coefficient (Wildman–Crippen LogP) is 4.54. The summed E-state index contributed by atoms with van der Waals surface area (Å²) in [5.74, 6) is 0.694. The van der Waals surface area contributed by atoms with Gasteiger partial charge in [-0.05, 0) is 6.92 Å². The van der Waals surface area contributed by atoms with E-state index in [1.54, 1.807) is 15.5 Å². The molecule has 0 bridgehead atoms. The molecule has 0 fully saturated rings. The first kappa shape index (κ1) is 14.7. The maximum absolute atomic E-state index is 3.46. The maximum atomic E-state index is 3.46. The molecule has 0 spiro atoms. The Morgan fingerprint density at radius 1 is 1.20 bits per heavy atom. The fourth-order valence-electron chi connectivity index (χ4n) is 1.50. The SMILES string of the molecule is C=CC=CC.CC1=C(C)C(C)[C]([Ti])=C1C. The Labute approximate surface area is 106 Å². The van der Waals surface area contributed by atoms with Gasteiger partial charge in [-0.3, -0.25) is 0 Å². The summed E-state index contributed by atoms with van der Waals surface area (Å²) in [5, 5.41) is 0. The summed E-state index contributed by atoms with van der Waals surface area (Å²) < 4.78 is 1.55. The summed E-state index contributed by atoms with van der Waals surface area (Å²) in [6, 6.07) is 0. The molecule has 1 atom stereocenters. The molecule has 0 saturated carbocycles. The third kappa shape index (κ3) is 3.97. The van der Waals surface area contributed by atoms with Crippen LogP contribution in [0.1, 0.15) is 34.6 Å². The molecule has 0 aliphatic heterocycles. The number of hydrogen-bond donors (Lipinski definition) is 0. The molecule has 1 heteroatoms. The van der Waals surface area contributed by atoms with Crippen molar-refractivity contribution in [1.29, 1.82) is 0 Å². The molecule has 0 aromatic rings. The van der Waals surface area contributed by atoms with Crippen LogP contribution >= 0.6 is 0 Å². The van der Waals surface area contributed by atoms with Crippen molar-refractivity contribution in [2.45, 2.75) is 34.6 Å². The Hall–Kier alpha value is -0.326. The van der Waals surface area contributed by atoms with E-state index in [0.717, 1.165) is 0 Å². The molecule has 0 saturated heterocycles. The number of rotatable bonds is 1. The minimum absolute atomic E-state index is 0.694. The fraction of sp³-hybridized carbons (Fsp3) is 0.429. The van der Waals surface area contributed by atoms with Gasteiger partial charge >= 0.3 is 74.6 Å². The zero-order chi connectivity index (χ0) is 12.0. The van der Waals surface area contributed by atoms with Gasteiger partial charge in [0.15, 0.2) is 0 Å². The summed E-state index contributed by atoms with van der Waals surface area (Å²) in [6.45, 7) is 14.4. The minimum atomic E-state index is 0.694. The summed E-state index contributed by atoms with van der Waals surface area (Å²) >= 11 is 2.24. The molecule has 1 unspecified atom stereocenters. The van der Waals surface area contributed by atoms with Crippen LogP contribution in [-0.4, -0.2) is 0 Å². The van der Waals surface area contributed by atoms with Crippen LogP contribution in [0.25, 0.3) is 0 Å². The normalized spacial score (nSPS) is 20.7. The van der Waals surface area contributed by atoms with Gasteiger partial charge in [-0.25, -0.2) is 0 Å². The van der Waals surface area contributed by atoms with Gasteiger partial charge in [0.05, 0.1) is 0 Å². The zero-order valence-corrected chi connectivity index (χ0v) is 12.1. The topological polar surface area (TPSA) is 0 Å². The molecule has 0 N–H and O–H groups in total. The van der Waals surface area contributed by atoms with Crippen LogP contribution in [0.4, 0.5) is 0 Å². The van der Waals surface area contributed by atoms with Crippen LogP contribution in [0.15, 0.2) is 45.4 Å². The van der Waals surface area contributed by atoms with E-state index < -0.39 is 0 Å². The Kier molecular flexibility index (Phi) is 6.88. The first-order valence-corrected chi connectivity index (χ1v) is 6.09. The quantitative estimate of drug-likeness (QED) is 0.464. The molecule has 1 aliphatic carbocycles. The average Bonchev–Trinajstić information content (AvgIpc) is 2.39. The van der Waals surface area contributed by atoms with Crippen LogP contribution in [0.5, 0.6) is 0 Å². The van der Waals surface area contributed by atoms with Crippen molar-refractivity contribution in [3.05, 3.63) is 45.4 Å². The second-order valence-corrected chi connectivity index (χ2v) is 4.67. The molecule has 0 aromatic heterocycles. The van der Waals surface area contributed by atoms with Crippen molar-refractivity contribution in [1.82, 2.24) is 0 Å². The molecule has 81 valence electrons. The average molecular weight is 237 g/mol. The van der Waals surface area contributed by atoms with Crippen LogP contribution in [0.3, 0.4) is 0 Å². The Bertz CT molecular complexity index is 292. The van der Waals surface area contributed by atoms with E-state index in [2.05, 4.69) is 54.7 Å². The van der Waals surface area contributed by atoms with E-state index in [9.17, 15) is 0 Å². The van der Waals surface area contributed by atoms with Gasteiger partial charge in [0, 0.05) is 0 Å². The molecular weight excluding hydrogens is 216 g/mol. The Morgan fingerprint density at radius 2 is 1.73 bits per heavy atom. The van der Waals surface area contributed by atoms with Crippen LogP contribution in [0.2, 0.25) is 0 Å². The third-order valence-corrected chi connectivity index (χ3v) is 4.23. The molecule has 15 heavy (non-hydrogen) atoms. The standard InChI is InChI=1S/C9H13.C5H8.Ti/c1-6-5-7(2)9(4)8(6)3;1-3-5-4-2;/h6H,1-4H3;3-5H,1H2,2H3;. The monoisotopic (exact) mass is 237 g/mol. The molecule has 0 nitrogen and oxygen atoms in total. The van der Waals surface area contributed by atoms with Crippen molar-refractivity contribution in [3.63, 3.8) is 0 Å². The zero-order valence-electron chi connectivity index (χ0n) is 10.5. The van der Waals surface area contributed by atoms with Crippen LogP contribution in [-0.2, 0) is 20.4 Å². The predicted molar refractivity (Wildman–Crippen MR) is 65.2 cm³/mol. The summed E-state index contributed by atoms with van der Waals surface area (Å²) in [4.78, 5) is 0. The van der Waals surface area contributed by atoms with Crippen LogP contribution < -0.4 is 0 Å². The van der Waals surface area contributed by atoms with Crippen molar-refractivity contribution < 1.29 is 20.4 Å². The third-order valence-electron chi connectivity index (χ3n) is 2.97. The van der Waals surface area contributed by atoms with E-state index in [1.165, 1.54) is 11.1 Å². The Balaban J connectivity index is 0.000000336. The number of hydrogen-bond acceptors (Lipinski definition) is 0. The van der Waals surface area contributed by atoms with Gasteiger partial charge < -0.3 is 0 Å². The molecule has 0 radical (unpaired) electrons. The Morgan fingerprint density at radius 3 is 1.80 bits per heavy atom. The van der Waals surface area contributed by atoms with Crippen molar-refractivity contribution in [2.24, 2.45) is 5.92 Å². The van der Waals surface area contributed by atoms with E-state index in [4.69, 9.17) is 0 Å². The summed E-state index contributed by atoms with van der Waals surface area (Å²) in [7, 11) is 0. The van der Waals surface area contributed by atoms with Crippen LogP contribution in [0, 0.1) is 5.92 Å². The first-order chi connectivity index (χ1) is 6.97. The van der Waals surface area contributed by atoms with Crippen molar-refractivity contribution >= 4 is 0 Å². The van der Waals surface area contributed by atoms with Gasteiger partial charge in [-0.1, -0.05) is 24.8 Å².